The maximum atomic E-state index is 12.6. The van der Waals surface area contributed by atoms with E-state index in [9.17, 15) is 9.59 Å². The minimum Gasteiger partial charge on any atom is -0.487 e. The molecule has 1 saturated heterocycles. The molecule has 0 bridgehead atoms. The van der Waals surface area contributed by atoms with Gasteiger partial charge in [-0.1, -0.05) is 12.1 Å². The van der Waals surface area contributed by atoms with Crippen LogP contribution in [0.4, 0.5) is 5.69 Å². The van der Waals surface area contributed by atoms with Crippen LogP contribution >= 0.6 is 0 Å². The highest BCUT2D eigenvalue weighted by Gasteiger charge is 2.27. The minimum absolute atomic E-state index is 0.0454. The van der Waals surface area contributed by atoms with Crippen LogP contribution in [0.15, 0.2) is 24.3 Å². The van der Waals surface area contributed by atoms with Crippen molar-refractivity contribution in [2.75, 3.05) is 50.8 Å². The number of nitrogens with one attached hydrogen (secondary N) is 1. The summed E-state index contributed by atoms with van der Waals surface area (Å²) >= 11 is 0. The second-order valence-corrected chi connectivity index (χ2v) is 6.70. The van der Waals surface area contributed by atoms with Crippen LogP contribution in [0.5, 0.6) is 5.75 Å². The molecular formula is C19H27N3O4. The van der Waals surface area contributed by atoms with Gasteiger partial charge in [0.15, 0.2) is 0 Å². The van der Waals surface area contributed by atoms with E-state index >= 15 is 0 Å². The van der Waals surface area contributed by atoms with Gasteiger partial charge in [0.05, 0.1) is 25.4 Å². The molecule has 1 unspecified atom stereocenters. The number of hydrogen-bond acceptors (Lipinski definition) is 5. The summed E-state index contributed by atoms with van der Waals surface area (Å²) in [6.07, 6.45) is 0.344. The third-order valence-corrected chi connectivity index (χ3v) is 4.64. The maximum absolute atomic E-state index is 12.6. The van der Waals surface area contributed by atoms with Crippen LogP contribution in [0, 0.1) is 0 Å². The number of carbonyl (C=O) groups excluding carboxylic acids is 2. The molecule has 0 aromatic heterocycles. The zero-order chi connectivity index (χ0) is 18.4. The van der Waals surface area contributed by atoms with Crippen molar-refractivity contribution in [2.24, 2.45) is 0 Å². The van der Waals surface area contributed by atoms with Crippen LogP contribution in [-0.4, -0.2) is 68.8 Å². The highest BCUT2D eigenvalue weighted by molar-refractivity contribution is 5.97. The molecule has 3 rings (SSSR count). The van der Waals surface area contributed by atoms with Gasteiger partial charge in [0.1, 0.15) is 11.9 Å². The number of nitrogens with zero attached hydrogens (tertiary/aromatic N) is 2. The van der Waals surface area contributed by atoms with Crippen molar-refractivity contribution < 1.29 is 19.1 Å². The van der Waals surface area contributed by atoms with E-state index < -0.39 is 0 Å². The Bertz CT molecular complexity index is 631. The van der Waals surface area contributed by atoms with E-state index in [-0.39, 0.29) is 30.8 Å². The Kier molecular flexibility index (Phi) is 6.46. The zero-order valence-electron chi connectivity index (χ0n) is 15.3. The molecule has 26 heavy (non-hydrogen) atoms. The van der Waals surface area contributed by atoms with Gasteiger partial charge in [-0.05, 0) is 19.1 Å². The molecule has 0 radical (unpaired) electrons. The van der Waals surface area contributed by atoms with Gasteiger partial charge in [-0.15, -0.1) is 0 Å². The first-order valence-corrected chi connectivity index (χ1v) is 9.26. The summed E-state index contributed by atoms with van der Waals surface area (Å²) in [6, 6.07) is 7.52. The van der Waals surface area contributed by atoms with E-state index in [1.807, 2.05) is 31.2 Å². The van der Waals surface area contributed by atoms with Crippen molar-refractivity contribution in [1.29, 1.82) is 0 Å². The van der Waals surface area contributed by atoms with E-state index in [2.05, 4.69) is 10.2 Å². The summed E-state index contributed by atoms with van der Waals surface area (Å²) in [5.41, 5.74) is 0.781. The molecule has 2 amide bonds. The smallest absolute Gasteiger partial charge is 0.227 e. The van der Waals surface area contributed by atoms with E-state index in [0.29, 0.717) is 13.1 Å². The van der Waals surface area contributed by atoms with E-state index in [4.69, 9.17) is 9.47 Å². The van der Waals surface area contributed by atoms with Crippen LogP contribution in [0.1, 0.15) is 19.8 Å². The fourth-order valence-electron chi connectivity index (χ4n) is 3.25. The van der Waals surface area contributed by atoms with Crippen molar-refractivity contribution in [2.45, 2.75) is 25.9 Å². The molecule has 1 fully saturated rings. The van der Waals surface area contributed by atoms with Crippen molar-refractivity contribution in [3.8, 4) is 5.75 Å². The topological polar surface area (TPSA) is 71.1 Å². The predicted octanol–water partition coefficient (Wildman–Crippen LogP) is 1.03. The van der Waals surface area contributed by atoms with Crippen LogP contribution < -0.4 is 15.0 Å². The Hall–Kier alpha value is -2.12. The second kappa shape index (κ2) is 9.00. The molecule has 0 spiro atoms. The highest BCUT2D eigenvalue weighted by atomic mass is 16.5. The van der Waals surface area contributed by atoms with E-state index in [0.717, 1.165) is 44.3 Å². The predicted molar refractivity (Wildman–Crippen MR) is 98.4 cm³/mol. The Morgan fingerprint density at radius 2 is 1.96 bits per heavy atom. The quantitative estimate of drug-likeness (QED) is 0.819. The van der Waals surface area contributed by atoms with Gasteiger partial charge in [0.25, 0.3) is 0 Å². The number of anilines is 1. The Balaban J connectivity index is 1.43. The molecular weight excluding hydrogens is 334 g/mol. The lowest BCUT2D eigenvalue weighted by Gasteiger charge is -2.33. The first-order chi connectivity index (χ1) is 12.6. The average molecular weight is 361 g/mol. The van der Waals surface area contributed by atoms with Crippen molar-refractivity contribution >= 4 is 17.5 Å². The third kappa shape index (κ3) is 4.95. The van der Waals surface area contributed by atoms with Crippen LogP contribution in [-0.2, 0) is 14.3 Å². The van der Waals surface area contributed by atoms with Gasteiger partial charge in [-0.2, -0.15) is 0 Å². The van der Waals surface area contributed by atoms with Gasteiger partial charge in [-0.3, -0.25) is 14.5 Å². The van der Waals surface area contributed by atoms with Crippen LogP contribution in [0.25, 0.3) is 0 Å². The largest absolute Gasteiger partial charge is 0.487 e. The number of rotatable bonds is 6. The minimum atomic E-state index is -0.0822. The highest BCUT2D eigenvalue weighted by Crippen LogP contribution is 2.33. The lowest BCUT2D eigenvalue weighted by molar-refractivity contribution is -0.125. The molecule has 142 valence electrons. The molecule has 0 aliphatic carbocycles. The van der Waals surface area contributed by atoms with Gasteiger partial charge in [0, 0.05) is 39.0 Å². The normalized spacial score (nSPS) is 20.2. The monoisotopic (exact) mass is 361 g/mol. The number of fused-ring (bicyclic) bond motifs is 1. The van der Waals surface area contributed by atoms with Crippen LogP contribution in [0.2, 0.25) is 0 Å². The molecule has 2 aliphatic heterocycles. The van der Waals surface area contributed by atoms with Crippen LogP contribution in [0.3, 0.4) is 0 Å². The average Bonchev–Trinajstić information content (AvgIpc) is 2.66. The molecule has 1 aromatic carbocycles. The Labute approximate surface area is 154 Å². The summed E-state index contributed by atoms with van der Waals surface area (Å²) in [7, 11) is 0. The van der Waals surface area contributed by atoms with Crippen molar-refractivity contribution in [1.82, 2.24) is 10.2 Å². The number of hydrogen-bond donors (Lipinski definition) is 1. The van der Waals surface area contributed by atoms with E-state index in [1.54, 1.807) is 4.90 Å². The number of carbonyl (C=O) groups is 2. The third-order valence-electron chi connectivity index (χ3n) is 4.64. The number of morpholine rings is 1. The standard InChI is InChI=1S/C19H27N3O4/c1-15-14-22(16-4-2-3-5-17(16)26-15)19(24)7-6-18(23)20-8-9-21-10-12-25-13-11-21/h2-5,15H,6-14H2,1H3,(H,20,23). The summed E-state index contributed by atoms with van der Waals surface area (Å²) in [4.78, 5) is 28.6. The molecule has 1 aromatic rings. The number of ether oxygens (including phenoxy) is 2. The lowest BCUT2D eigenvalue weighted by atomic mass is 10.1. The van der Waals surface area contributed by atoms with Crippen molar-refractivity contribution in [3.05, 3.63) is 24.3 Å². The van der Waals surface area contributed by atoms with Gasteiger partial charge >= 0.3 is 0 Å². The second-order valence-electron chi connectivity index (χ2n) is 6.70. The fraction of sp³-hybridized carbons (Fsp3) is 0.579. The molecule has 1 N–H and O–H groups in total. The Morgan fingerprint density at radius 3 is 2.77 bits per heavy atom. The number of amides is 2. The molecule has 7 heteroatoms. The molecule has 7 nitrogen and oxygen atoms in total. The summed E-state index contributed by atoms with van der Waals surface area (Å²) in [6.45, 7) is 7.18. The number of para-hydroxylation sites is 2. The van der Waals surface area contributed by atoms with Gasteiger partial charge in [0.2, 0.25) is 11.8 Å². The first-order valence-electron chi connectivity index (χ1n) is 9.26. The molecule has 1 atom stereocenters. The zero-order valence-corrected chi connectivity index (χ0v) is 15.3. The van der Waals surface area contributed by atoms with Gasteiger partial charge < -0.3 is 19.7 Å². The maximum Gasteiger partial charge on any atom is 0.227 e. The van der Waals surface area contributed by atoms with E-state index in [1.165, 1.54) is 0 Å². The summed E-state index contributed by atoms with van der Waals surface area (Å²) < 4.78 is 11.1. The summed E-state index contributed by atoms with van der Waals surface area (Å²) in [5.74, 6) is 0.590. The van der Waals surface area contributed by atoms with Gasteiger partial charge in [-0.25, -0.2) is 0 Å². The molecule has 2 heterocycles. The first kappa shape index (κ1) is 18.7. The Morgan fingerprint density at radius 1 is 1.19 bits per heavy atom. The van der Waals surface area contributed by atoms with Crippen molar-refractivity contribution in [3.63, 3.8) is 0 Å². The lowest BCUT2D eigenvalue weighted by Crippen LogP contribution is -2.43. The number of benzene rings is 1. The molecule has 0 saturated carbocycles. The SMILES string of the molecule is CC1CN(C(=O)CCC(=O)NCCN2CCOCC2)c2ccccc2O1. The fourth-order valence-corrected chi connectivity index (χ4v) is 3.25. The summed E-state index contributed by atoms with van der Waals surface area (Å²) in [5, 5.41) is 2.90. The molecule has 2 aliphatic rings.